The van der Waals surface area contributed by atoms with Crippen molar-refractivity contribution in [1.82, 2.24) is 4.90 Å². The molecule has 1 unspecified atom stereocenters. The highest BCUT2D eigenvalue weighted by Gasteiger charge is 2.15. The number of aliphatic hydroxyl groups is 1. The quantitative estimate of drug-likeness (QED) is 0.876. The summed E-state index contributed by atoms with van der Waals surface area (Å²) < 4.78 is 5.85. The molecule has 0 bridgehead atoms. The molecule has 1 N–H and O–H groups in total. The van der Waals surface area contributed by atoms with Crippen LogP contribution < -0.4 is 4.74 Å². The van der Waals surface area contributed by atoms with Crippen LogP contribution in [-0.4, -0.2) is 53.9 Å². The van der Waals surface area contributed by atoms with E-state index >= 15 is 0 Å². The van der Waals surface area contributed by atoms with Crippen LogP contribution in [0, 0.1) is 0 Å². The normalized spacial score (nSPS) is 18.5. The first-order valence-corrected chi connectivity index (χ1v) is 9.02. The predicted octanol–water partition coefficient (Wildman–Crippen LogP) is 2.99. The van der Waals surface area contributed by atoms with E-state index in [0.717, 1.165) is 18.8 Å². The van der Waals surface area contributed by atoms with Crippen molar-refractivity contribution in [1.29, 1.82) is 0 Å². The van der Waals surface area contributed by atoms with Crippen LogP contribution in [0.2, 0.25) is 0 Å². The van der Waals surface area contributed by atoms with Gasteiger partial charge in [-0.25, -0.2) is 0 Å². The summed E-state index contributed by atoms with van der Waals surface area (Å²) in [5, 5.41) is 10.2. The smallest absolute Gasteiger partial charge is 0.122 e. The molecule has 0 spiro atoms. The lowest BCUT2D eigenvalue weighted by molar-refractivity contribution is 0.0703. The fourth-order valence-electron chi connectivity index (χ4n) is 2.61. The van der Waals surface area contributed by atoms with Gasteiger partial charge in [0.05, 0.1) is 0 Å². The van der Waals surface area contributed by atoms with Gasteiger partial charge in [0.1, 0.15) is 18.5 Å². The molecule has 1 atom stereocenters. The van der Waals surface area contributed by atoms with Crippen LogP contribution in [-0.2, 0) is 0 Å². The fourth-order valence-corrected chi connectivity index (χ4v) is 3.53. The van der Waals surface area contributed by atoms with Crippen LogP contribution in [0.4, 0.5) is 0 Å². The van der Waals surface area contributed by atoms with Crippen molar-refractivity contribution >= 4 is 11.8 Å². The lowest BCUT2D eigenvalue weighted by Gasteiger charge is -2.23. The van der Waals surface area contributed by atoms with Crippen LogP contribution in [0.5, 0.6) is 5.75 Å². The van der Waals surface area contributed by atoms with Crippen molar-refractivity contribution in [2.45, 2.75) is 32.3 Å². The molecular weight excluding hydrogens is 282 g/mol. The number of hydrogen-bond donors (Lipinski definition) is 1. The van der Waals surface area contributed by atoms with Gasteiger partial charge in [0.25, 0.3) is 0 Å². The van der Waals surface area contributed by atoms with E-state index in [2.05, 4.69) is 24.8 Å². The minimum absolute atomic E-state index is 0.368. The lowest BCUT2D eigenvalue weighted by Crippen LogP contribution is -2.37. The SMILES string of the molecule is CC(C)c1ccccc1OCC(O)CN1CCCSCC1. The Bertz CT molecular complexity index is 417. The third-order valence-electron chi connectivity index (χ3n) is 3.76. The number of ether oxygens (including phenoxy) is 1. The summed E-state index contributed by atoms with van der Waals surface area (Å²) in [6.07, 6.45) is 0.794. The van der Waals surface area contributed by atoms with E-state index < -0.39 is 6.10 Å². The number of nitrogens with zero attached hydrogens (tertiary/aromatic N) is 1. The maximum Gasteiger partial charge on any atom is 0.122 e. The van der Waals surface area contributed by atoms with E-state index in [9.17, 15) is 5.11 Å². The van der Waals surface area contributed by atoms with Crippen LogP contribution in [0.3, 0.4) is 0 Å². The second kappa shape index (κ2) is 8.66. The molecule has 0 amide bonds. The van der Waals surface area contributed by atoms with E-state index in [-0.39, 0.29) is 0 Å². The molecule has 1 aromatic rings. The highest BCUT2D eigenvalue weighted by molar-refractivity contribution is 7.99. The highest BCUT2D eigenvalue weighted by atomic mass is 32.2. The topological polar surface area (TPSA) is 32.7 Å². The summed E-state index contributed by atoms with van der Waals surface area (Å²) in [5.41, 5.74) is 1.20. The molecule has 4 heteroatoms. The molecule has 0 radical (unpaired) electrons. The molecule has 0 saturated carbocycles. The number of benzene rings is 1. The molecule has 1 fully saturated rings. The van der Waals surface area contributed by atoms with Gasteiger partial charge in [-0.3, -0.25) is 4.90 Å². The average Bonchev–Trinajstić information content (AvgIpc) is 2.74. The summed E-state index contributed by atoms with van der Waals surface area (Å²) >= 11 is 2.01. The molecule has 1 saturated heterocycles. The zero-order valence-corrected chi connectivity index (χ0v) is 13.9. The number of thioether (sulfide) groups is 1. The zero-order chi connectivity index (χ0) is 15.1. The average molecular weight is 309 g/mol. The number of β-amino-alcohol motifs (C(OH)–C–C–N with tert-alkyl or cyclic N) is 1. The second-order valence-electron chi connectivity index (χ2n) is 5.92. The Hall–Kier alpha value is -0.710. The third-order valence-corrected chi connectivity index (χ3v) is 4.80. The molecule has 21 heavy (non-hydrogen) atoms. The minimum atomic E-state index is -0.423. The third kappa shape index (κ3) is 5.53. The predicted molar refractivity (Wildman–Crippen MR) is 90.4 cm³/mol. The van der Waals surface area contributed by atoms with Gasteiger partial charge in [-0.15, -0.1) is 0 Å². The largest absolute Gasteiger partial charge is 0.491 e. The van der Waals surface area contributed by atoms with Crippen molar-refractivity contribution in [3.8, 4) is 5.75 Å². The Kier molecular flexibility index (Phi) is 6.87. The Balaban J connectivity index is 1.82. The number of rotatable bonds is 6. The Morgan fingerprint density at radius 3 is 2.86 bits per heavy atom. The van der Waals surface area contributed by atoms with Crippen LogP contribution >= 0.6 is 11.8 Å². The summed E-state index contributed by atoms with van der Waals surface area (Å²) in [7, 11) is 0. The van der Waals surface area contributed by atoms with E-state index in [0.29, 0.717) is 19.1 Å². The highest BCUT2D eigenvalue weighted by Crippen LogP contribution is 2.25. The Morgan fingerprint density at radius 2 is 2.05 bits per heavy atom. The van der Waals surface area contributed by atoms with Crippen molar-refractivity contribution in [2.24, 2.45) is 0 Å². The van der Waals surface area contributed by atoms with Gasteiger partial charge < -0.3 is 9.84 Å². The molecular formula is C17H27NO2S. The first kappa shape index (κ1) is 16.7. The summed E-state index contributed by atoms with van der Waals surface area (Å²) in [4.78, 5) is 2.35. The number of para-hydroxylation sites is 1. The Morgan fingerprint density at radius 1 is 1.24 bits per heavy atom. The fraction of sp³-hybridized carbons (Fsp3) is 0.647. The monoisotopic (exact) mass is 309 g/mol. The van der Waals surface area contributed by atoms with Crippen LogP contribution in [0.15, 0.2) is 24.3 Å². The summed E-state index contributed by atoms with van der Waals surface area (Å²) in [6.45, 7) is 7.57. The lowest BCUT2D eigenvalue weighted by atomic mass is 10.0. The molecule has 1 aliphatic rings. The zero-order valence-electron chi connectivity index (χ0n) is 13.1. The van der Waals surface area contributed by atoms with Crippen LogP contribution in [0.25, 0.3) is 0 Å². The number of aliphatic hydroxyl groups excluding tert-OH is 1. The molecule has 1 aromatic carbocycles. The second-order valence-corrected chi connectivity index (χ2v) is 7.15. The molecule has 1 aliphatic heterocycles. The van der Waals surface area contributed by atoms with E-state index in [1.165, 1.54) is 23.5 Å². The van der Waals surface area contributed by atoms with Crippen molar-refractivity contribution < 1.29 is 9.84 Å². The maximum atomic E-state index is 10.2. The summed E-state index contributed by atoms with van der Waals surface area (Å²) in [5.74, 6) is 3.74. The van der Waals surface area contributed by atoms with E-state index in [1.54, 1.807) is 0 Å². The maximum absolute atomic E-state index is 10.2. The number of hydrogen-bond acceptors (Lipinski definition) is 4. The van der Waals surface area contributed by atoms with Gasteiger partial charge in [0.2, 0.25) is 0 Å². The van der Waals surface area contributed by atoms with Gasteiger partial charge in [0.15, 0.2) is 0 Å². The first-order valence-electron chi connectivity index (χ1n) is 7.86. The van der Waals surface area contributed by atoms with E-state index in [1.807, 2.05) is 30.0 Å². The van der Waals surface area contributed by atoms with Gasteiger partial charge in [-0.2, -0.15) is 11.8 Å². The minimum Gasteiger partial charge on any atom is -0.491 e. The Labute approximate surface area is 132 Å². The standard InChI is InChI=1S/C17H27NO2S/c1-14(2)16-6-3-4-7-17(16)20-13-15(19)12-18-8-5-10-21-11-9-18/h3-4,6-7,14-15,19H,5,8-13H2,1-2H3. The first-order chi connectivity index (χ1) is 10.2. The van der Waals surface area contributed by atoms with Gasteiger partial charge >= 0.3 is 0 Å². The molecule has 118 valence electrons. The van der Waals surface area contributed by atoms with Gasteiger partial charge in [0, 0.05) is 18.8 Å². The van der Waals surface area contributed by atoms with Crippen molar-refractivity contribution in [3.05, 3.63) is 29.8 Å². The van der Waals surface area contributed by atoms with Gasteiger partial charge in [-0.05, 0) is 36.3 Å². The van der Waals surface area contributed by atoms with Crippen LogP contribution in [0.1, 0.15) is 31.7 Å². The van der Waals surface area contributed by atoms with E-state index in [4.69, 9.17) is 4.74 Å². The molecule has 0 aromatic heterocycles. The van der Waals surface area contributed by atoms with Gasteiger partial charge in [-0.1, -0.05) is 32.0 Å². The molecule has 0 aliphatic carbocycles. The van der Waals surface area contributed by atoms with Crippen molar-refractivity contribution in [2.75, 3.05) is 37.7 Å². The summed E-state index contributed by atoms with van der Waals surface area (Å²) in [6, 6.07) is 8.11. The molecule has 2 rings (SSSR count). The molecule has 1 heterocycles. The van der Waals surface area contributed by atoms with Crippen molar-refractivity contribution in [3.63, 3.8) is 0 Å². The molecule has 3 nitrogen and oxygen atoms in total.